The molecule has 0 aliphatic heterocycles. The number of phenols is 1. The van der Waals surface area contributed by atoms with Gasteiger partial charge >= 0.3 is 0 Å². The van der Waals surface area contributed by atoms with Gasteiger partial charge in [-0.05, 0) is 24.3 Å². The van der Waals surface area contributed by atoms with Gasteiger partial charge in [0.15, 0.2) is 9.84 Å². The van der Waals surface area contributed by atoms with Gasteiger partial charge in [0.05, 0.1) is 17.8 Å². The molecule has 0 aromatic heterocycles. The summed E-state index contributed by atoms with van der Waals surface area (Å²) in [6, 6.07) is 12.6. The molecule has 0 spiro atoms. The van der Waals surface area contributed by atoms with Crippen LogP contribution < -0.4 is 4.74 Å². The molecule has 0 saturated heterocycles. The fourth-order valence-electron chi connectivity index (χ4n) is 1.79. The van der Waals surface area contributed by atoms with Crippen molar-refractivity contribution < 1.29 is 18.3 Å². The predicted octanol–water partition coefficient (Wildman–Crippen LogP) is 2.37. The van der Waals surface area contributed by atoms with Crippen molar-refractivity contribution >= 4 is 9.84 Å². The lowest BCUT2D eigenvalue weighted by Crippen LogP contribution is -2.06. The molecule has 0 bridgehead atoms. The SMILES string of the molecule is COc1ccccc1CS(=O)(=O)c1cccc(O)c1. The average molecular weight is 278 g/mol. The molecule has 0 unspecified atom stereocenters. The summed E-state index contributed by atoms with van der Waals surface area (Å²) in [5.74, 6) is 0.299. The Labute approximate surface area is 112 Å². The molecule has 19 heavy (non-hydrogen) atoms. The fraction of sp³-hybridized carbons (Fsp3) is 0.143. The number of aromatic hydroxyl groups is 1. The Hall–Kier alpha value is -2.01. The predicted molar refractivity (Wildman–Crippen MR) is 72.0 cm³/mol. The van der Waals surface area contributed by atoms with Crippen molar-refractivity contribution in [1.29, 1.82) is 0 Å². The summed E-state index contributed by atoms with van der Waals surface area (Å²) in [5.41, 5.74) is 0.591. The van der Waals surface area contributed by atoms with E-state index in [-0.39, 0.29) is 16.4 Å². The van der Waals surface area contributed by atoms with E-state index in [4.69, 9.17) is 4.74 Å². The lowest BCUT2D eigenvalue weighted by atomic mass is 10.2. The molecule has 0 atom stereocenters. The summed E-state index contributed by atoms with van der Waals surface area (Å²) in [5, 5.41) is 9.35. The third kappa shape index (κ3) is 3.06. The van der Waals surface area contributed by atoms with Crippen LogP contribution in [0.25, 0.3) is 0 Å². The second kappa shape index (κ2) is 5.32. The normalized spacial score (nSPS) is 11.2. The monoisotopic (exact) mass is 278 g/mol. The first kappa shape index (κ1) is 13.4. The molecule has 100 valence electrons. The Morgan fingerprint density at radius 3 is 2.53 bits per heavy atom. The Kier molecular flexibility index (Phi) is 3.76. The Balaban J connectivity index is 2.37. The van der Waals surface area contributed by atoms with Crippen LogP contribution in [0.4, 0.5) is 0 Å². The van der Waals surface area contributed by atoms with E-state index < -0.39 is 9.84 Å². The largest absolute Gasteiger partial charge is 0.508 e. The van der Waals surface area contributed by atoms with Crippen molar-refractivity contribution in [3.8, 4) is 11.5 Å². The van der Waals surface area contributed by atoms with E-state index in [9.17, 15) is 13.5 Å². The van der Waals surface area contributed by atoms with E-state index >= 15 is 0 Å². The van der Waals surface area contributed by atoms with Crippen LogP contribution in [0.2, 0.25) is 0 Å². The standard InChI is InChI=1S/C14H14O4S/c1-18-14-8-3-2-5-11(14)10-19(16,17)13-7-4-6-12(15)9-13/h2-9,15H,10H2,1H3. The molecule has 5 heteroatoms. The number of phenolic OH excluding ortho intramolecular Hbond substituents is 1. The average Bonchev–Trinajstić information content (AvgIpc) is 2.39. The minimum Gasteiger partial charge on any atom is -0.508 e. The quantitative estimate of drug-likeness (QED) is 0.932. The number of hydrogen-bond donors (Lipinski definition) is 1. The lowest BCUT2D eigenvalue weighted by Gasteiger charge is -2.09. The van der Waals surface area contributed by atoms with Crippen molar-refractivity contribution in [2.75, 3.05) is 7.11 Å². The summed E-state index contributed by atoms with van der Waals surface area (Å²) in [7, 11) is -2.01. The number of rotatable bonds is 4. The van der Waals surface area contributed by atoms with Crippen LogP contribution in [0.1, 0.15) is 5.56 Å². The molecular formula is C14H14O4S. The topological polar surface area (TPSA) is 63.6 Å². The minimum absolute atomic E-state index is 0.0684. The molecule has 0 aliphatic rings. The summed E-state index contributed by atoms with van der Waals surface area (Å²) >= 11 is 0. The third-order valence-corrected chi connectivity index (χ3v) is 4.38. The number of sulfone groups is 1. The lowest BCUT2D eigenvalue weighted by molar-refractivity contribution is 0.411. The van der Waals surface area contributed by atoms with Gasteiger partial charge in [0.1, 0.15) is 11.5 Å². The number of benzene rings is 2. The van der Waals surface area contributed by atoms with Crippen LogP contribution in [0.3, 0.4) is 0 Å². The van der Waals surface area contributed by atoms with E-state index in [1.807, 2.05) is 0 Å². The zero-order valence-corrected chi connectivity index (χ0v) is 11.2. The highest BCUT2D eigenvalue weighted by molar-refractivity contribution is 7.90. The molecule has 4 nitrogen and oxygen atoms in total. The van der Waals surface area contributed by atoms with Crippen molar-refractivity contribution in [3.05, 3.63) is 54.1 Å². The molecule has 0 fully saturated rings. The van der Waals surface area contributed by atoms with Crippen LogP contribution in [0.5, 0.6) is 11.5 Å². The maximum absolute atomic E-state index is 12.3. The maximum atomic E-state index is 12.3. The van der Waals surface area contributed by atoms with Gasteiger partial charge in [-0.25, -0.2) is 8.42 Å². The van der Waals surface area contributed by atoms with Crippen molar-refractivity contribution in [3.63, 3.8) is 0 Å². The van der Waals surface area contributed by atoms with Gasteiger partial charge in [0, 0.05) is 5.56 Å². The van der Waals surface area contributed by atoms with Gasteiger partial charge in [-0.15, -0.1) is 0 Å². The number of methoxy groups -OCH3 is 1. The highest BCUT2D eigenvalue weighted by atomic mass is 32.2. The van der Waals surface area contributed by atoms with Crippen LogP contribution in [0, 0.1) is 0 Å². The molecular weight excluding hydrogens is 264 g/mol. The smallest absolute Gasteiger partial charge is 0.182 e. The van der Waals surface area contributed by atoms with Gasteiger partial charge in [0.25, 0.3) is 0 Å². The first-order valence-corrected chi connectivity index (χ1v) is 7.32. The Bertz CT molecular complexity index is 677. The van der Waals surface area contributed by atoms with E-state index in [0.29, 0.717) is 11.3 Å². The Morgan fingerprint density at radius 1 is 1.11 bits per heavy atom. The van der Waals surface area contributed by atoms with Gasteiger partial charge < -0.3 is 9.84 Å². The van der Waals surface area contributed by atoms with Crippen molar-refractivity contribution in [2.45, 2.75) is 10.6 Å². The van der Waals surface area contributed by atoms with Gasteiger partial charge in [-0.1, -0.05) is 24.3 Å². The van der Waals surface area contributed by atoms with Crippen molar-refractivity contribution in [2.24, 2.45) is 0 Å². The van der Waals surface area contributed by atoms with E-state index in [0.717, 1.165) is 0 Å². The first-order chi connectivity index (χ1) is 9.03. The molecule has 0 aliphatic carbocycles. The molecule has 0 saturated carbocycles. The Morgan fingerprint density at radius 2 is 1.84 bits per heavy atom. The van der Waals surface area contributed by atoms with Crippen LogP contribution in [-0.4, -0.2) is 20.6 Å². The van der Waals surface area contributed by atoms with Gasteiger partial charge in [0.2, 0.25) is 0 Å². The maximum Gasteiger partial charge on any atom is 0.182 e. The molecule has 0 heterocycles. The van der Waals surface area contributed by atoms with Crippen LogP contribution in [-0.2, 0) is 15.6 Å². The number of ether oxygens (including phenoxy) is 1. The number of hydrogen-bond acceptors (Lipinski definition) is 4. The van der Waals surface area contributed by atoms with Crippen LogP contribution in [0.15, 0.2) is 53.4 Å². The third-order valence-electron chi connectivity index (χ3n) is 2.71. The second-order valence-electron chi connectivity index (χ2n) is 4.07. The second-order valence-corrected chi connectivity index (χ2v) is 6.06. The van der Waals surface area contributed by atoms with Crippen LogP contribution >= 0.6 is 0 Å². The summed E-state index contributed by atoms with van der Waals surface area (Å²) in [4.78, 5) is 0.0957. The highest BCUT2D eigenvalue weighted by Crippen LogP contribution is 2.25. The highest BCUT2D eigenvalue weighted by Gasteiger charge is 2.17. The first-order valence-electron chi connectivity index (χ1n) is 5.66. The summed E-state index contributed by atoms with van der Waals surface area (Å²) < 4.78 is 29.6. The van der Waals surface area contributed by atoms with Gasteiger partial charge in [-0.3, -0.25) is 0 Å². The fourth-order valence-corrected chi connectivity index (χ4v) is 3.19. The molecule has 0 radical (unpaired) electrons. The van der Waals surface area contributed by atoms with Gasteiger partial charge in [-0.2, -0.15) is 0 Å². The molecule has 2 rings (SSSR count). The van der Waals surface area contributed by atoms with Crippen molar-refractivity contribution in [1.82, 2.24) is 0 Å². The van der Waals surface area contributed by atoms with E-state index in [1.165, 1.54) is 31.4 Å². The molecule has 2 aromatic rings. The molecule has 1 N–H and O–H groups in total. The summed E-state index contributed by atoms with van der Waals surface area (Å²) in [6.07, 6.45) is 0. The zero-order valence-electron chi connectivity index (χ0n) is 10.4. The number of para-hydroxylation sites is 1. The van der Waals surface area contributed by atoms with E-state index in [1.54, 1.807) is 24.3 Å². The molecule has 2 aromatic carbocycles. The minimum atomic E-state index is -3.51. The summed E-state index contributed by atoms with van der Waals surface area (Å²) in [6.45, 7) is 0. The zero-order chi connectivity index (χ0) is 13.9. The van der Waals surface area contributed by atoms with E-state index in [2.05, 4.69) is 0 Å². The molecule has 0 amide bonds.